The predicted molar refractivity (Wildman–Crippen MR) is 50.8 cm³/mol. The maximum atomic E-state index is 2.53. The summed E-state index contributed by atoms with van der Waals surface area (Å²) in [6.45, 7) is 7.45. The lowest BCUT2D eigenvalue weighted by atomic mass is 9.82. The van der Waals surface area contributed by atoms with Crippen molar-refractivity contribution in [3.8, 4) is 0 Å². The second-order valence-corrected chi connectivity index (χ2v) is 5.78. The Bertz CT molecular complexity index is 220. The molecule has 0 radical (unpaired) electrons. The standard InChI is InChI=1S/C12H20/c1-7-5-4-6-9(7)11-10-8(2)12(10,11)3/h7-11H,4-6H2,1-3H3. The van der Waals surface area contributed by atoms with Gasteiger partial charge in [-0.2, -0.15) is 0 Å². The molecular weight excluding hydrogens is 144 g/mol. The molecule has 3 saturated carbocycles. The summed E-state index contributed by atoms with van der Waals surface area (Å²) in [6, 6.07) is 0. The molecule has 0 aliphatic heterocycles. The maximum absolute atomic E-state index is 2.53. The highest BCUT2D eigenvalue weighted by atomic mass is 14.9. The summed E-state index contributed by atoms with van der Waals surface area (Å²) in [5.41, 5.74) is 0.837. The van der Waals surface area contributed by atoms with Crippen molar-refractivity contribution < 1.29 is 0 Å². The molecule has 0 spiro atoms. The Morgan fingerprint density at radius 1 is 1.08 bits per heavy atom. The van der Waals surface area contributed by atoms with Gasteiger partial charge in [-0.15, -0.1) is 0 Å². The molecule has 6 unspecified atom stereocenters. The van der Waals surface area contributed by atoms with Gasteiger partial charge in [0.2, 0.25) is 0 Å². The summed E-state index contributed by atoms with van der Waals surface area (Å²) in [6.07, 6.45) is 4.57. The van der Waals surface area contributed by atoms with E-state index in [1.54, 1.807) is 6.42 Å². The van der Waals surface area contributed by atoms with E-state index in [-0.39, 0.29) is 0 Å². The molecule has 0 aromatic rings. The van der Waals surface area contributed by atoms with Crippen LogP contribution in [0.1, 0.15) is 40.0 Å². The van der Waals surface area contributed by atoms with Gasteiger partial charge >= 0.3 is 0 Å². The van der Waals surface area contributed by atoms with Crippen molar-refractivity contribution in [1.29, 1.82) is 0 Å². The Morgan fingerprint density at radius 3 is 2.17 bits per heavy atom. The molecule has 0 amide bonds. The van der Waals surface area contributed by atoms with E-state index in [0.717, 1.165) is 35.0 Å². The molecule has 0 bridgehead atoms. The molecule has 0 nitrogen and oxygen atoms in total. The van der Waals surface area contributed by atoms with Crippen LogP contribution in [-0.2, 0) is 0 Å². The van der Waals surface area contributed by atoms with Crippen molar-refractivity contribution in [2.75, 3.05) is 0 Å². The third-order valence-electron chi connectivity index (χ3n) is 5.51. The zero-order valence-electron chi connectivity index (χ0n) is 8.51. The summed E-state index contributed by atoms with van der Waals surface area (Å²) < 4.78 is 0. The summed E-state index contributed by atoms with van der Waals surface area (Å²) in [5.74, 6) is 5.56. The SMILES string of the molecule is CC1CCCC1C1C2C(C)C12C. The van der Waals surface area contributed by atoms with Crippen molar-refractivity contribution in [2.24, 2.45) is 35.0 Å². The summed E-state index contributed by atoms with van der Waals surface area (Å²) >= 11 is 0. The molecule has 0 saturated heterocycles. The van der Waals surface area contributed by atoms with E-state index < -0.39 is 0 Å². The number of hydrogen-bond acceptors (Lipinski definition) is 0. The molecule has 3 aliphatic carbocycles. The van der Waals surface area contributed by atoms with E-state index in [1.807, 2.05) is 0 Å². The summed E-state index contributed by atoms with van der Waals surface area (Å²) in [4.78, 5) is 0. The van der Waals surface area contributed by atoms with Crippen molar-refractivity contribution in [2.45, 2.75) is 40.0 Å². The van der Waals surface area contributed by atoms with Gasteiger partial charge in [-0.3, -0.25) is 0 Å². The summed E-state index contributed by atoms with van der Waals surface area (Å²) in [7, 11) is 0. The fraction of sp³-hybridized carbons (Fsp3) is 1.00. The number of fused-ring (bicyclic) bond motifs is 1. The van der Waals surface area contributed by atoms with E-state index in [9.17, 15) is 0 Å². The zero-order valence-corrected chi connectivity index (χ0v) is 8.51. The molecule has 68 valence electrons. The molecule has 3 rings (SSSR count). The lowest BCUT2D eigenvalue weighted by Gasteiger charge is -2.23. The molecule has 12 heavy (non-hydrogen) atoms. The molecule has 3 fully saturated rings. The Kier molecular flexibility index (Phi) is 1.18. The molecule has 0 heteroatoms. The first-order valence-corrected chi connectivity index (χ1v) is 5.67. The van der Waals surface area contributed by atoms with E-state index >= 15 is 0 Å². The lowest BCUT2D eigenvalue weighted by molar-refractivity contribution is 0.252. The quantitative estimate of drug-likeness (QED) is 0.557. The molecule has 0 aromatic carbocycles. The molecular formula is C12H20. The van der Waals surface area contributed by atoms with Gasteiger partial charge in [-0.05, 0) is 41.4 Å². The van der Waals surface area contributed by atoms with Crippen LogP contribution >= 0.6 is 0 Å². The highest BCUT2D eigenvalue weighted by Gasteiger charge is 2.82. The average Bonchev–Trinajstić information content (AvgIpc) is 2.71. The topological polar surface area (TPSA) is 0 Å². The number of rotatable bonds is 1. The van der Waals surface area contributed by atoms with Crippen LogP contribution in [0.2, 0.25) is 0 Å². The fourth-order valence-corrected chi connectivity index (χ4v) is 4.33. The fourth-order valence-electron chi connectivity index (χ4n) is 4.33. The van der Waals surface area contributed by atoms with Crippen LogP contribution in [0.3, 0.4) is 0 Å². The number of hydrogen-bond donors (Lipinski definition) is 0. The first-order valence-electron chi connectivity index (χ1n) is 5.67. The minimum absolute atomic E-state index is 0.837. The molecule has 0 heterocycles. The van der Waals surface area contributed by atoms with Gasteiger partial charge in [0.05, 0.1) is 0 Å². The van der Waals surface area contributed by atoms with Crippen molar-refractivity contribution in [3.05, 3.63) is 0 Å². The zero-order chi connectivity index (χ0) is 8.51. The minimum atomic E-state index is 0.837. The predicted octanol–water partition coefficient (Wildman–Crippen LogP) is 3.32. The lowest BCUT2D eigenvalue weighted by Crippen LogP contribution is -2.17. The Labute approximate surface area is 75.7 Å². The van der Waals surface area contributed by atoms with E-state index in [4.69, 9.17) is 0 Å². The largest absolute Gasteiger partial charge is 0.0622 e. The molecule has 0 aromatic heterocycles. The van der Waals surface area contributed by atoms with Crippen molar-refractivity contribution in [3.63, 3.8) is 0 Å². The van der Waals surface area contributed by atoms with E-state index in [1.165, 1.54) is 12.8 Å². The van der Waals surface area contributed by atoms with Gasteiger partial charge in [0.25, 0.3) is 0 Å². The van der Waals surface area contributed by atoms with Gasteiger partial charge in [0.1, 0.15) is 0 Å². The minimum Gasteiger partial charge on any atom is -0.0622 e. The monoisotopic (exact) mass is 164 g/mol. The third-order valence-corrected chi connectivity index (χ3v) is 5.51. The van der Waals surface area contributed by atoms with Gasteiger partial charge in [-0.1, -0.05) is 33.6 Å². The Hall–Kier alpha value is 0. The van der Waals surface area contributed by atoms with Gasteiger partial charge in [-0.25, -0.2) is 0 Å². The average molecular weight is 164 g/mol. The first kappa shape index (κ1) is 7.41. The normalized spacial score (nSPS) is 67.8. The van der Waals surface area contributed by atoms with Crippen LogP contribution in [0, 0.1) is 35.0 Å². The third kappa shape index (κ3) is 0.625. The van der Waals surface area contributed by atoms with Crippen LogP contribution in [0.5, 0.6) is 0 Å². The van der Waals surface area contributed by atoms with E-state index in [2.05, 4.69) is 20.8 Å². The van der Waals surface area contributed by atoms with Crippen LogP contribution in [0.4, 0.5) is 0 Å². The van der Waals surface area contributed by atoms with Crippen LogP contribution in [0.25, 0.3) is 0 Å². The second-order valence-electron chi connectivity index (χ2n) is 5.78. The van der Waals surface area contributed by atoms with Gasteiger partial charge in [0, 0.05) is 0 Å². The van der Waals surface area contributed by atoms with Crippen LogP contribution in [-0.4, -0.2) is 0 Å². The smallest absolute Gasteiger partial charge is 0.0229 e. The van der Waals surface area contributed by atoms with Gasteiger partial charge in [0.15, 0.2) is 0 Å². The Balaban J connectivity index is 1.71. The van der Waals surface area contributed by atoms with Crippen molar-refractivity contribution in [1.82, 2.24) is 0 Å². The van der Waals surface area contributed by atoms with Crippen LogP contribution in [0.15, 0.2) is 0 Å². The highest BCUT2D eigenvalue weighted by Crippen LogP contribution is 2.86. The van der Waals surface area contributed by atoms with E-state index in [0.29, 0.717) is 0 Å². The van der Waals surface area contributed by atoms with Crippen molar-refractivity contribution >= 4 is 0 Å². The maximum Gasteiger partial charge on any atom is -0.0229 e. The van der Waals surface area contributed by atoms with Crippen LogP contribution < -0.4 is 0 Å². The molecule has 3 aliphatic rings. The van der Waals surface area contributed by atoms with Gasteiger partial charge < -0.3 is 0 Å². The first-order chi connectivity index (χ1) is 5.67. The molecule has 0 N–H and O–H groups in total. The highest BCUT2D eigenvalue weighted by molar-refractivity contribution is 5.29. The molecule has 6 atom stereocenters. The second kappa shape index (κ2) is 1.91. The summed E-state index contributed by atoms with van der Waals surface area (Å²) in [5, 5.41) is 0. The Morgan fingerprint density at radius 2 is 1.75 bits per heavy atom.